The molecule has 0 radical (unpaired) electrons. The van der Waals surface area contributed by atoms with Crippen molar-refractivity contribution >= 4 is 28.1 Å². The number of tetrazole rings is 1. The molecule has 0 bridgehead atoms. The summed E-state index contributed by atoms with van der Waals surface area (Å²) in [6, 6.07) is 0.330. The summed E-state index contributed by atoms with van der Waals surface area (Å²) in [5, 5.41) is 23.1. The Morgan fingerprint density at radius 1 is 1.40 bits per heavy atom. The van der Waals surface area contributed by atoms with Crippen LogP contribution in [0.2, 0.25) is 0 Å². The van der Waals surface area contributed by atoms with Crippen molar-refractivity contribution in [3.8, 4) is 0 Å². The summed E-state index contributed by atoms with van der Waals surface area (Å²) in [6.07, 6.45) is 7.07. The smallest absolute Gasteiger partial charge is 0.257 e. The first kappa shape index (κ1) is 13.4. The first-order valence-corrected chi connectivity index (χ1v) is 7.93. The number of thiazole rings is 1. The Bertz CT molecular complexity index is 606. The van der Waals surface area contributed by atoms with Crippen molar-refractivity contribution < 1.29 is 4.92 Å². The second kappa shape index (κ2) is 5.83. The monoisotopic (exact) mass is 312 g/mol. The van der Waals surface area contributed by atoms with Crippen molar-refractivity contribution in [3.63, 3.8) is 0 Å². The molecule has 0 aromatic carbocycles. The minimum atomic E-state index is -0.439. The zero-order chi connectivity index (χ0) is 13.9. The molecule has 0 unspecified atom stereocenters. The second-order valence-corrected chi connectivity index (χ2v) is 6.74. The fourth-order valence-electron chi connectivity index (χ4n) is 2.27. The Morgan fingerprint density at radius 3 is 2.90 bits per heavy atom. The predicted molar refractivity (Wildman–Crippen MR) is 72.8 cm³/mol. The molecule has 0 spiro atoms. The molecule has 0 amide bonds. The Hall–Kier alpha value is -1.55. The van der Waals surface area contributed by atoms with Crippen molar-refractivity contribution in [3.05, 3.63) is 16.3 Å². The van der Waals surface area contributed by atoms with Crippen molar-refractivity contribution in [1.29, 1.82) is 0 Å². The molecule has 106 valence electrons. The highest BCUT2D eigenvalue weighted by Gasteiger charge is 2.22. The number of rotatable bonds is 4. The lowest BCUT2D eigenvalue weighted by molar-refractivity contribution is -0.380. The molecule has 2 heterocycles. The molecule has 1 aliphatic carbocycles. The van der Waals surface area contributed by atoms with Crippen molar-refractivity contribution in [1.82, 2.24) is 25.2 Å². The Morgan fingerprint density at radius 2 is 2.20 bits per heavy atom. The van der Waals surface area contributed by atoms with E-state index in [1.165, 1.54) is 37.2 Å². The minimum absolute atomic E-state index is 0.0317. The van der Waals surface area contributed by atoms with Gasteiger partial charge in [-0.2, -0.15) is 0 Å². The molecule has 1 aliphatic rings. The van der Waals surface area contributed by atoms with E-state index in [9.17, 15) is 10.1 Å². The molecule has 20 heavy (non-hydrogen) atoms. The van der Waals surface area contributed by atoms with Crippen LogP contribution in [-0.2, 0) is 0 Å². The second-order valence-electron chi connectivity index (χ2n) is 4.52. The van der Waals surface area contributed by atoms with Crippen LogP contribution in [-0.4, -0.2) is 30.1 Å². The maximum atomic E-state index is 10.7. The molecule has 0 N–H and O–H groups in total. The minimum Gasteiger partial charge on any atom is -0.257 e. The van der Waals surface area contributed by atoms with Crippen molar-refractivity contribution in [2.75, 3.05) is 0 Å². The largest absolute Gasteiger partial charge is 0.344 e. The average Bonchev–Trinajstić information content (AvgIpc) is 3.09. The molecule has 3 rings (SSSR count). The van der Waals surface area contributed by atoms with Crippen LogP contribution in [0.4, 0.5) is 5.00 Å². The van der Waals surface area contributed by atoms with Gasteiger partial charge in [-0.3, -0.25) is 10.1 Å². The van der Waals surface area contributed by atoms with Crippen LogP contribution in [0.5, 0.6) is 0 Å². The molecular weight excluding hydrogens is 300 g/mol. The summed E-state index contributed by atoms with van der Waals surface area (Å²) in [5.41, 5.74) is 0. The van der Waals surface area contributed by atoms with E-state index < -0.39 is 4.92 Å². The van der Waals surface area contributed by atoms with E-state index >= 15 is 0 Å². The molecular formula is C10H12N6O2S2. The van der Waals surface area contributed by atoms with E-state index in [2.05, 4.69) is 20.5 Å². The van der Waals surface area contributed by atoms with Gasteiger partial charge in [-0.05, 0) is 46.4 Å². The van der Waals surface area contributed by atoms with Crippen LogP contribution in [0.3, 0.4) is 0 Å². The van der Waals surface area contributed by atoms with Crippen LogP contribution >= 0.6 is 23.1 Å². The zero-order valence-corrected chi connectivity index (χ0v) is 12.1. The maximum Gasteiger partial charge on any atom is 0.344 e. The van der Waals surface area contributed by atoms with Gasteiger partial charge < -0.3 is 0 Å². The molecule has 2 aromatic rings. The van der Waals surface area contributed by atoms with Gasteiger partial charge >= 0.3 is 5.00 Å². The molecule has 10 heteroatoms. The van der Waals surface area contributed by atoms with E-state index in [1.54, 1.807) is 0 Å². The lowest BCUT2D eigenvalue weighted by atomic mass is 9.96. The zero-order valence-electron chi connectivity index (χ0n) is 10.5. The normalized spacial score (nSPS) is 16.4. The topological polar surface area (TPSA) is 99.6 Å². The quantitative estimate of drug-likeness (QED) is 0.632. The van der Waals surface area contributed by atoms with E-state index in [0.717, 1.165) is 24.2 Å². The molecule has 1 fully saturated rings. The van der Waals surface area contributed by atoms with Gasteiger partial charge in [0.1, 0.15) is 6.20 Å². The van der Waals surface area contributed by atoms with Crippen molar-refractivity contribution in [2.24, 2.45) is 0 Å². The Labute approximate surface area is 122 Å². The van der Waals surface area contributed by atoms with E-state index in [4.69, 9.17) is 0 Å². The van der Waals surface area contributed by atoms with Gasteiger partial charge in [0.2, 0.25) is 5.16 Å². The number of nitrogens with zero attached hydrogens (tertiary/aromatic N) is 6. The fourth-order valence-corrected chi connectivity index (χ4v) is 4.00. The number of hydrogen-bond donors (Lipinski definition) is 0. The number of aromatic nitrogens is 5. The lowest BCUT2D eigenvalue weighted by Crippen LogP contribution is -2.15. The van der Waals surface area contributed by atoms with Crippen LogP contribution < -0.4 is 0 Å². The average molecular weight is 312 g/mol. The highest BCUT2D eigenvalue weighted by molar-refractivity contribution is 8.00. The van der Waals surface area contributed by atoms with Crippen LogP contribution in [0, 0.1) is 10.1 Å². The Kier molecular flexibility index (Phi) is 3.92. The van der Waals surface area contributed by atoms with Gasteiger partial charge in [-0.25, -0.2) is 9.67 Å². The molecule has 0 aliphatic heterocycles. The first-order chi connectivity index (χ1) is 9.74. The standard InChI is InChI=1S/C10H12N6O2S2/c17-16(18)8-6-11-10(19-8)20-9-12-13-14-15(9)7-4-2-1-3-5-7/h6-7H,1-5H2. The highest BCUT2D eigenvalue weighted by atomic mass is 32.2. The predicted octanol–water partition coefficient (Wildman–Crippen LogP) is 2.69. The number of nitro groups is 1. The summed E-state index contributed by atoms with van der Waals surface area (Å²) in [7, 11) is 0. The van der Waals surface area contributed by atoms with E-state index in [1.807, 2.05) is 4.68 Å². The highest BCUT2D eigenvalue weighted by Crippen LogP contribution is 2.35. The van der Waals surface area contributed by atoms with E-state index in [0.29, 0.717) is 15.5 Å². The summed E-state index contributed by atoms with van der Waals surface area (Å²) >= 11 is 2.32. The van der Waals surface area contributed by atoms with E-state index in [-0.39, 0.29) is 5.00 Å². The van der Waals surface area contributed by atoms with Crippen molar-refractivity contribution in [2.45, 2.75) is 47.6 Å². The molecule has 0 atom stereocenters. The third-order valence-corrected chi connectivity index (χ3v) is 5.19. The number of hydrogen-bond acceptors (Lipinski definition) is 8. The Balaban J connectivity index is 1.76. The fraction of sp³-hybridized carbons (Fsp3) is 0.600. The van der Waals surface area contributed by atoms with Gasteiger partial charge in [0, 0.05) is 0 Å². The molecule has 8 nitrogen and oxygen atoms in total. The van der Waals surface area contributed by atoms with Gasteiger partial charge in [0.05, 0.1) is 11.0 Å². The molecule has 1 saturated carbocycles. The third kappa shape index (κ3) is 2.80. The maximum absolute atomic E-state index is 10.7. The van der Waals surface area contributed by atoms with Gasteiger partial charge in [0.25, 0.3) is 0 Å². The third-order valence-electron chi connectivity index (χ3n) is 3.21. The van der Waals surface area contributed by atoms with Gasteiger partial charge in [-0.1, -0.05) is 19.3 Å². The summed E-state index contributed by atoms with van der Waals surface area (Å²) in [6.45, 7) is 0. The van der Waals surface area contributed by atoms with Crippen LogP contribution in [0.25, 0.3) is 0 Å². The lowest BCUT2D eigenvalue weighted by Gasteiger charge is -2.21. The molecule has 2 aromatic heterocycles. The summed E-state index contributed by atoms with van der Waals surface area (Å²) < 4.78 is 2.42. The van der Waals surface area contributed by atoms with Gasteiger partial charge in [0.15, 0.2) is 4.34 Å². The van der Waals surface area contributed by atoms with Crippen LogP contribution in [0.15, 0.2) is 15.7 Å². The van der Waals surface area contributed by atoms with Crippen LogP contribution in [0.1, 0.15) is 38.1 Å². The summed E-state index contributed by atoms with van der Waals surface area (Å²) in [4.78, 5) is 14.2. The summed E-state index contributed by atoms with van der Waals surface area (Å²) in [5.74, 6) is 0. The van der Waals surface area contributed by atoms with Gasteiger partial charge in [-0.15, -0.1) is 5.10 Å². The SMILES string of the molecule is O=[N+]([O-])c1cnc(Sc2nnnn2C2CCCCC2)s1. The first-order valence-electron chi connectivity index (χ1n) is 6.30. The molecule has 0 saturated heterocycles.